The smallest absolute Gasteiger partial charge is 0.303 e. The Balaban J connectivity index is 1.78. The summed E-state index contributed by atoms with van der Waals surface area (Å²) in [6.07, 6.45) is 20.0. The van der Waals surface area contributed by atoms with Gasteiger partial charge in [0.05, 0.1) is 6.10 Å². The van der Waals surface area contributed by atoms with E-state index < -0.39 is 5.97 Å². The third-order valence-electron chi connectivity index (χ3n) is 6.15. The van der Waals surface area contributed by atoms with E-state index in [0.29, 0.717) is 11.8 Å². The summed E-state index contributed by atoms with van der Waals surface area (Å²) in [5.41, 5.74) is 0. The van der Waals surface area contributed by atoms with E-state index in [-0.39, 0.29) is 12.5 Å². The van der Waals surface area contributed by atoms with Crippen molar-refractivity contribution in [1.82, 2.24) is 0 Å². The zero-order valence-electron chi connectivity index (χ0n) is 15.8. The van der Waals surface area contributed by atoms with Crippen LogP contribution in [0.25, 0.3) is 0 Å². The highest BCUT2D eigenvalue weighted by atomic mass is 16.4. The number of unbranched alkanes of at least 4 members (excludes halogenated alkanes) is 3. The fourth-order valence-electron chi connectivity index (χ4n) is 4.80. The highest BCUT2D eigenvalue weighted by Gasteiger charge is 2.45. The van der Waals surface area contributed by atoms with Gasteiger partial charge in [0, 0.05) is 6.42 Å². The third-order valence-corrected chi connectivity index (χ3v) is 6.15. The van der Waals surface area contributed by atoms with Crippen molar-refractivity contribution in [3.05, 3.63) is 24.3 Å². The van der Waals surface area contributed by atoms with Crippen molar-refractivity contribution < 1.29 is 15.0 Å². The second-order valence-corrected chi connectivity index (χ2v) is 8.02. The minimum atomic E-state index is -0.704. The van der Waals surface area contributed by atoms with E-state index >= 15 is 0 Å². The van der Waals surface area contributed by atoms with Gasteiger partial charge < -0.3 is 10.2 Å². The van der Waals surface area contributed by atoms with Crippen LogP contribution in [0.15, 0.2) is 24.3 Å². The van der Waals surface area contributed by atoms with E-state index in [2.05, 4.69) is 31.2 Å². The molecule has 0 aliphatic heterocycles. The van der Waals surface area contributed by atoms with Gasteiger partial charge in [-0.3, -0.25) is 4.79 Å². The monoisotopic (exact) mass is 348 g/mol. The maximum atomic E-state index is 10.5. The molecule has 0 spiro atoms. The number of allylic oxidation sites excluding steroid dienone is 3. The number of carboxylic acids is 1. The molecule has 0 aromatic rings. The lowest BCUT2D eigenvalue weighted by molar-refractivity contribution is -0.137. The second-order valence-electron chi connectivity index (χ2n) is 8.02. The molecular weight excluding hydrogens is 312 g/mol. The summed E-state index contributed by atoms with van der Waals surface area (Å²) < 4.78 is 0. The van der Waals surface area contributed by atoms with Gasteiger partial charge in [-0.25, -0.2) is 0 Å². The van der Waals surface area contributed by atoms with Crippen LogP contribution in [0.5, 0.6) is 0 Å². The summed E-state index contributed by atoms with van der Waals surface area (Å²) in [6, 6.07) is 0. The van der Waals surface area contributed by atoms with E-state index in [9.17, 15) is 9.90 Å². The molecule has 0 unspecified atom stereocenters. The Morgan fingerprint density at radius 1 is 1.16 bits per heavy atom. The Morgan fingerprint density at radius 3 is 2.72 bits per heavy atom. The van der Waals surface area contributed by atoms with Crippen molar-refractivity contribution in [2.75, 3.05) is 0 Å². The third kappa shape index (κ3) is 6.62. The van der Waals surface area contributed by atoms with Crippen LogP contribution in [-0.2, 0) is 4.79 Å². The SMILES string of the molecule is CCCCC[C@H](O)/C=C/[C@@H]1[C@H]2CC[C@H](C2)[C@H]1C/C=C\CCCC(=O)O. The van der Waals surface area contributed by atoms with Crippen LogP contribution < -0.4 is 0 Å². The molecule has 0 saturated heterocycles. The summed E-state index contributed by atoms with van der Waals surface area (Å²) in [7, 11) is 0. The number of carbonyl (C=O) groups is 1. The summed E-state index contributed by atoms with van der Waals surface area (Å²) in [4.78, 5) is 10.5. The molecule has 3 heteroatoms. The predicted octanol–water partition coefficient (Wildman–Crippen LogP) is 5.35. The van der Waals surface area contributed by atoms with Crippen LogP contribution in [0.4, 0.5) is 0 Å². The zero-order valence-corrected chi connectivity index (χ0v) is 15.8. The first-order valence-corrected chi connectivity index (χ1v) is 10.3. The van der Waals surface area contributed by atoms with Crippen molar-refractivity contribution >= 4 is 5.97 Å². The molecule has 2 fully saturated rings. The molecule has 25 heavy (non-hydrogen) atoms. The molecule has 2 N–H and O–H groups in total. The Bertz CT molecular complexity index is 454. The fourth-order valence-corrected chi connectivity index (χ4v) is 4.80. The lowest BCUT2D eigenvalue weighted by Crippen LogP contribution is -2.20. The topological polar surface area (TPSA) is 57.5 Å². The quantitative estimate of drug-likeness (QED) is 0.369. The van der Waals surface area contributed by atoms with E-state index in [1.54, 1.807) is 0 Å². The Hall–Kier alpha value is -1.09. The molecule has 0 amide bonds. The lowest BCUT2D eigenvalue weighted by atomic mass is 9.77. The van der Waals surface area contributed by atoms with Crippen molar-refractivity contribution in [2.45, 2.75) is 83.7 Å². The number of rotatable bonds is 12. The molecule has 0 aromatic carbocycles. The number of fused-ring (bicyclic) bond motifs is 2. The number of hydrogen-bond donors (Lipinski definition) is 2. The standard InChI is InChI=1S/C22H36O3/c1-2-3-6-9-19(23)14-15-21-18-13-12-17(16-18)20(21)10-7-4-5-8-11-22(24)25/h4,7,14-15,17-21,23H,2-3,5-6,8-13,16H2,1H3,(H,24,25)/b7-4-,15-14+/t17-,18+,19+,20-,21-/m1/s1. The van der Waals surface area contributed by atoms with Crippen molar-refractivity contribution in [3.63, 3.8) is 0 Å². The van der Waals surface area contributed by atoms with E-state index in [0.717, 1.165) is 43.9 Å². The first-order valence-electron chi connectivity index (χ1n) is 10.3. The predicted molar refractivity (Wildman–Crippen MR) is 102 cm³/mol. The number of carboxylic acid groups (broad SMARTS) is 1. The van der Waals surface area contributed by atoms with Crippen LogP contribution in [0.2, 0.25) is 0 Å². The summed E-state index contributed by atoms with van der Waals surface area (Å²) in [6.45, 7) is 2.19. The Kier molecular flexibility index (Phi) is 8.74. The molecule has 2 bridgehead atoms. The van der Waals surface area contributed by atoms with Gasteiger partial charge in [0.2, 0.25) is 0 Å². The van der Waals surface area contributed by atoms with Gasteiger partial charge in [-0.1, -0.05) is 50.5 Å². The maximum absolute atomic E-state index is 10.5. The number of hydrogen-bond acceptors (Lipinski definition) is 2. The van der Waals surface area contributed by atoms with Crippen LogP contribution in [0.3, 0.4) is 0 Å². The highest BCUT2D eigenvalue weighted by Crippen LogP contribution is 2.54. The van der Waals surface area contributed by atoms with Crippen molar-refractivity contribution in [3.8, 4) is 0 Å². The second kappa shape index (κ2) is 10.8. The van der Waals surface area contributed by atoms with Gasteiger partial charge in [-0.2, -0.15) is 0 Å². The average Bonchev–Trinajstić information content (AvgIpc) is 3.17. The summed E-state index contributed by atoms with van der Waals surface area (Å²) in [5.74, 6) is 2.30. The lowest BCUT2D eigenvalue weighted by Gasteiger charge is -2.28. The van der Waals surface area contributed by atoms with E-state index in [4.69, 9.17) is 5.11 Å². The number of aliphatic carboxylic acids is 1. The molecule has 0 aromatic heterocycles. The minimum absolute atomic E-state index is 0.264. The molecule has 2 aliphatic rings. The molecule has 0 radical (unpaired) electrons. The first-order chi connectivity index (χ1) is 12.1. The average molecular weight is 349 g/mol. The van der Waals surface area contributed by atoms with E-state index in [1.807, 2.05) is 0 Å². The van der Waals surface area contributed by atoms with Gasteiger partial charge in [-0.05, 0) is 68.6 Å². The Morgan fingerprint density at radius 2 is 1.96 bits per heavy atom. The first kappa shape index (κ1) is 20.2. The van der Waals surface area contributed by atoms with Crippen LogP contribution in [0.1, 0.15) is 77.6 Å². The largest absolute Gasteiger partial charge is 0.481 e. The summed E-state index contributed by atoms with van der Waals surface area (Å²) >= 11 is 0. The van der Waals surface area contributed by atoms with Gasteiger partial charge in [0.25, 0.3) is 0 Å². The van der Waals surface area contributed by atoms with E-state index in [1.165, 1.54) is 32.1 Å². The Labute approximate surface area is 153 Å². The van der Waals surface area contributed by atoms with Crippen LogP contribution in [-0.4, -0.2) is 22.3 Å². The van der Waals surface area contributed by atoms with Gasteiger partial charge in [-0.15, -0.1) is 0 Å². The molecule has 2 rings (SSSR count). The van der Waals surface area contributed by atoms with Crippen LogP contribution in [0, 0.1) is 23.7 Å². The van der Waals surface area contributed by atoms with Crippen molar-refractivity contribution in [1.29, 1.82) is 0 Å². The molecule has 2 aliphatic carbocycles. The molecule has 3 nitrogen and oxygen atoms in total. The van der Waals surface area contributed by atoms with Crippen molar-refractivity contribution in [2.24, 2.45) is 23.7 Å². The molecule has 142 valence electrons. The normalized spacial score (nSPS) is 29.8. The van der Waals surface area contributed by atoms with Gasteiger partial charge >= 0.3 is 5.97 Å². The minimum Gasteiger partial charge on any atom is -0.481 e. The van der Waals surface area contributed by atoms with Gasteiger partial charge in [0.15, 0.2) is 0 Å². The number of aliphatic hydroxyl groups excluding tert-OH is 1. The van der Waals surface area contributed by atoms with Crippen LogP contribution >= 0.6 is 0 Å². The molecular formula is C22H36O3. The maximum Gasteiger partial charge on any atom is 0.303 e. The van der Waals surface area contributed by atoms with Gasteiger partial charge in [0.1, 0.15) is 0 Å². The summed E-state index contributed by atoms with van der Waals surface area (Å²) in [5, 5.41) is 18.8. The molecule has 0 heterocycles. The molecule has 2 saturated carbocycles. The zero-order chi connectivity index (χ0) is 18.1. The fraction of sp³-hybridized carbons (Fsp3) is 0.773. The number of aliphatic hydroxyl groups is 1. The molecule has 5 atom stereocenters. The highest BCUT2D eigenvalue weighted by molar-refractivity contribution is 5.66.